The average molecular weight is 426 g/mol. The summed E-state index contributed by atoms with van der Waals surface area (Å²) in [6.45, 7) is 6.30. The number of methoxy groups -OCH3 is 1. The molecule has 7 heteroatoms. The Hall–Kier alpha value is -2.90. The molecule has 166 valence electrons. The number of carbonyl (C=O) groups excluding carboxylic acids is 2. The molecule has 1 heterocycles. The van der Waals surface area contributed by atoms with Crippen LogP contribution in [-0.4, -0.2) is 68.1 Å². The van der Waals surface area contributed by atoms with E-state index in [2.05, 4.69) is 10.2 Å². The van der Waals surface area contributed by atoms with E-state index in [1.54, 1.807) is 12.0 Å². The molecule has 7 nitrogen and oxygen atoms in total. The molecule has 0 bridgehead atoms. The van der Waals surface area contributed by atoms with Crippen LogP contribution in [0.5, 0.6) is 5.75 Å². The van der Waals surface area contributed by atoms with Gasteiger partial charge in [-0.15, -0.1) is 0 Å². The van der Waals surface area contributed by atoms with Crippen molar-refractivity contribution in [1.29, 1.82) is 0 Å². The fraction of sp³-hybridized carbons (Fsp3) is 0.417. The van der Waals surface area contributed by atoms with Gasteiger partial charge in [0.15, 0.2) is 0 Å². The van der Waals surface area contributed by atoms with Crippen molar-refractivity contribution in [3.63, 3.8) is 0 Å². The van der Waals surface area contributed by atoms with E-state index in [0.717, 1.165) is 49.7 Å². The second-order valence-electron chi connectivity index (χ2n) is 7.55. The first-order valence-corrected chi connectivity index (χ1v) is 10.6. The second kappa shape index (κ2) is 11.5. The van der Waals surface area contributed by atoms with E-state index in [9.17, 15) is 9.59 Å². The average Bonchev–Trinajstić information content (AvgIpc) is 2.80. The normalized spacial score (nSPS) is 15.2. The summed E-state index contributed by atoms with van der Waals surface area (Å²) in [7, 11) is 1.61. The number of ether oxygens (including phenoxy) is 2. The molecule has 1 N–H and O–H groups in total. The van der Waals surface area contributed by atoms with Crippen LogP contribution in [0.1, 0.15) is 24.1 Å². The molecule has 2 aromatic rings. The van der Waals surface area contributed by atoms with Gasteiger partial charge >= 0.3 is 0 Å². The van der Waals surface area contributed by atoms with Gasteiger partial charge in [-0.2, -0.15) is 0 Å². The number of carbonyl (C=O) groups is 2. The highest BCUT2D eigenvalue weighted by Crippen LogP contribution is 2.24. The van der Waals surface area contributed by atoms with E-state index in [4.69, 9.17) is 9.47 Å². The highest BCUT2D eigenvalue weighted by Gasteiger charge is 2.29. The topological polar surface area (TPSA) is 71.1 Å². The Balaban J connectivity index is 1.74. The Morgan fingerprint density at radius 1 is 1.10 bits per heavy atom. The van der Waals surface area contributed by atoms with Gasteiger partial charge in [0, 0.05) is 39.6 Å². The van der Waals surface area contributed by atoms with Gasteiger partial charge in [0.1, 0.15) is 11.8 Å². The van der Waals surface area contributed by atoms with Gasteiger partial charge in [0.2, 0.25) is 11.8 Å². The molecule has 0 unspecified atom stereocenters. The van der Waals surface area contributed by atoms with Gasteiger partial charge < -0.3 is 19.7 Å². The Bertz CT molecular complexity index is 836. The molecule has 2 aromatic carbocycles. The molecular formula is C24H31N3O4. The smallest absolute Gasteiger partial charge is 0.247 e. The van der Waals surface area contributed by atoms with Crippen molar-refractivity contribution < 1.29 is 19.1 Å². The fourth-order valence-electron chi connectivity index (χ4n) is 3.68. The zero-order valence-corrected chi connectivity index (χ0v) is 18.3. The maximum Gasteiger partial charge on any atom is 0.247 e. The lowest BCUT2D eigenvalue weighted by molar-refractivity contribution is -0.140. The first-order valence-electron chi connectivity index (χ1n) is 10.6. The van der Waals surface area contributed by atoms with Gasteiger partial charge in [0.05, 0.1) is 20.3 Å². The summed E-state index contributed by atoms with van der Waals surface area (Å²) in [6, 6.07) is 16.3. The van der Waals surface area contributed by atoms with Crippen LogP contribution in [0.2, 0.25) is 0 Å². The van der Waals surface area contributed by atoms with Crippen LogP contribution < -0.4 is 10.1 Å². The summed E-state index contributed by atoms with van der Waals surface area (Å²) < 4.78 is 10.6. The zero-order valence-electron chi connectivity index (χ0n) is 18.3. The maximum atomic E-state index is 13.3. The van der Waals surface area contributed by atoms with Crippen LogP contribution in [0.3, 0.4) is 0 Å². The lowest BCUT2D eigenvalue weighted by Gasteiger charge is -2.31. The quantitative estimate of drug-likeness (QED) is 0.667. The summed E-state index contributed by atoms with van der Waals surface area (Å²) in [5.74, 6) is 0.412. The molecule has 31 heavy (non-hydrogen) atoms. The number of morpholine rings is 1. The highest BCUT2D eigenvalue weighted by atomic mass is 16.5. The van der Waals surface area contributed by atoms with Crippen molar-refractivity contribution in [2.24, 2.45) is 0 Å². The van der Waals surface area contributed by atoms with E-state index in [1.807, 2.05) is 54.6 Å². The molecule has 0 saturated carbocycles. The summed E-state index contributed by atoms with van der Waals surface area (Å²) in [5, 5.41) is 3.03. The van der Waals surface area contributed by atoms with Crippen LogP contribution in [0.15, 0.2) is 54.6 Å². The van der Waals surface area contributed by atoms with Crippen LogP contribution in [0.25, 0.3) is 0 Å². The third-order valence-electron chi connectivity index (χ3n) is 5.42. The molecule has 0 spiro atoms. The van der Waals surface area contributed by atoms with Gasteiger partial charge in [-0.05, 0) is 23.3 Å². The van der Waals surface area contributed by atoms with E-state index in [-0.39, 0.29) is 11.8 Å². The maximum absolute atomic E-state index is 13.3. The standard InChI is InChI=1S/C24H31N3O4/c1-19(28)27(18-20-8-10-22(30-2)11-9-20)23(21-6-4-3-5-7-21)24(29)25-12-13-26-14-16-31-17-15-26/h3-11,23H,12-18H2,1-2H3,(H,25,29)/t23-/m1/s1. The van der Waals surface area contributed by atoms with Crippen LogP contribution in [0, 0.1) is 0 Å². The van der Waals surface area contributed by atoms with E-state index >= 15 is 0 Å². The molecule has 2 amide bonds. The predicted octanol–water partition coefficient (Wildman–Crippen LogP) is 2.23. The van der Waals surface area contributed by atoms with Crippen LogP contribution in [0.4, 0.5) is 0 Å². The number of hydrogen-bond acceptors (Lipinski definition) is 5. The zero-order chi connectivity index (χ0) is 22.1. The van der Waals surface area contributed by atoms with Gasteiger partial charge in [0.25, 0.3) is 0 Å². The predicted molar refractivity (Wildman–Crippen MR) is 119 cm³/mol. The molecular weight excluding hydrogens is 394 g/mol. The van der Waals surface area contributed by atoms with E-state index in [1.165, 1.54) is 6.92 Å². The minimum Gasteiger partial charge on any atom is -0.497 e. The Morgan fingerprint density at radius 2 is 1.77 bits per heavy atom. The Kier molecular flexibility index (Phi) is 8.44. The number of nitrogens with zero attached hydrogens (tertiary/aromatic N) is 2. The van der Waals surface area contributed by atoms with Gasteiger partial charge in [-0.3, -0.25) is 14.5 Å². The minimum absolute atomic E-state index is 0.159. The van der Waals surface area contributed by atoms with E-state index < -0.39 is 6.04 Å². The number of nitrogens with one attached hydrogen (secondary N) is 1. The molecule has 0 aromatic heterocycles. The summed E-state index contributed by atoms with van der Waals surface area (Å²) in [6.07, 6.45) is 0. The van der Waals surface area contributed by atoms with E-state index in [0.29, 0.717) is 13.1 Å². The third kappa shape index (κ3) is 6.54. The van der Waals surface area contributed by atoms with Crippen LogP contribution >= 0.6 is 0 Å². The van der Waals surface area contributed by atoms with Crippen molar-refractivity contribution in [3.8, 4) is 5.75 Å². The van der Waals surface area contributed by atoms with Crippen molar-refractivity contribution in [2.75, 3.05) is 46.5 Å². The SMILES string of the molecule is COc1ccc(CN(C(C)=O)[C@@H](C(=O)NCCN2CCOCC2)c2ccccc2)cc1. The van der Waals surface area contributed by atoms with Gasteiger partial charge in [-0.1, -0.05) is 42.5 Å². The van der Waals surface area contributed by atoms with Crippen LogP contribution in [-0.2, 0) is 20.9 Å². The van der Waals surface area contributed by atoms with Crippen molar-refractivity contribution in [3.05, 3.63) is 65.7 Å². The summed E-state index contributed by atoms with van der Waals surface area (Å²) >= 11 is 0. The third-order valence-corrected chi connectivity index (χ3v) is 5.42. The lowest BCUT2D eigenvalue weighted by Crippen LogP contribution is -2.45. The summed E-state index contributed by atoms with van der Waals surface area (Å²) in [4.78, 5) is 29.7. The Labute approximate surface area is 183 Å². The number of rotatable bonds is 9. The summed E-state index contributed by atoms with van der Waals surface area (Å²) in [5.41, 5.74) is 1.72. The van der Waals surface area contributed by atoms with Crippen molar-refractivity contribution >= 4 is 11.8 Å². The number of benzene rings is 2. The molecule has 0 radical (unpaired) electrons. The molecule has 1 aliphatic rings. The van der Waals surface area contributed by atoms with Crippen molar-refractivity contribution in [2.45, 2.75) is 19.5 Å². The fourth-order valence-corrected chi connectivity index (χ4v) is 3.68. The Morgan fingerprint density at radius 3 is 2.39 bits per heavy atom. The number of hydrogen-bond donors (Lipinski definition) is 1. The molecule has 1 atom stereocenters. The highest BCUT2D eigenvalue weighted by molar-refractivity contribution is 5.88. The molecule has 0 aliphatic carbocycles. The lowest BCUT2D eigenvalue weighted by atomic mass is 10.0. The first kappa shape index (κ1) is 22.8. The molecule has 1 saturated heterocycles. The number of amides is 2. The van der Waals surface area contributed by atoms with Crippen molar-refractivity contribution in [1.82, 2.24) is 15.1 Å². The monoisotopic (exact) mass is 425 g/mol. The van der Waals surface area contributed by atoms with Gasteiger partial charge in [-0.25, -0.2) is 0 Å². The minimum atomic E-state index is -0.703. The molecule has 1 fully saturated rings. The largest absolute Gasteiger partial charge is 0.497 e. The second-order valence-corrected chi connectivity index (χ2v) is 7.55. The molecule has 3 rings (SSSR count). The molecule has 1 aliphatic heterocycles. The first-order chi connectivity index (χ1) is 15.1.